The first-order chi connectivity index (χ1) is 13.6. The van der Waals surface area contributed by atoms with E-state index in [4.69, 9.17) is 17.0 Å². The highest BCUT2D eigenvalue weighted by Gasteiger charge is 2.09. The number of nitrogens with one attached hydrogen (secondary N) is 2. The number of aryl methyl sites for hydroxylation is 2. The maximum absolute atomic E-state index is 11.7. The minimum absolute atomic E-state index is 0.364. The van der Waals surface area contributed by atoms with Gasteiger partial charge in [0.25, 0.3) is 0 Å². The van der Waals surface area contributed by atoms with Crippen molar-refractivity contribution in [2.75, 3.05) is 19.0 Å². The van der Waals surface area contributed by atoms with Crippen LogP contribution in [0.25, 0.3) is 10.8 Å². The lowest BCUT2D eigenvalue weighted by atomic mass is 10.0. The summed E-state index contributed by atoms with van der Waals surface area (Å²) >= 11 is 5.40. The second-order valence-electron chi connectivity index (χ2n) is 6.64. The first-order valence-corrected chi connectivity index (χ1v) is 9.70. The van der Waals surface area contributed by atoms with Gasteiger partial charge in [-0.05, 0) is 66.0 Å². The molecule has 0 fully saturated rings. The number of rotatable bonds is 6. The molecule has 0 radical (unpaired) electrons. The molecular formula is C23H24N2O2S. The molecule has 2 N–H and O–H groups in total. The van der Waals surface area contributed by atoms with E-state index in [9.17, 15) is 4.79 Å². The lowest BCUT2D eigenvalue weighted by Gasteiger charge is -2.14. The number of benzene rings is 3. The molecule has 0 aliphatic carbocycles. The average Bonchev–Trinajstić information content (AvgIpc) is 2.72. The van der Waals surface area contributed by atoms with Crippen molar-refractivity contribution >= 4 is 39.8 Å². The van der Waals surface area contributed by atoms with Crippen LogP contribution < -0.4 is 10.6 Å². The van der Waals surface area contributed by atoms with Crippen molar-refractivity contribution in [1.82, 2.24) is 5.32 Å². The zero-order valence-electron chi connectivity index (χ0n) is 16.1. The van der Waals surface area contributed by atoms with Gasteiger partial charge in [0.05, 0.1) is 12.7 Å². The lowest BCUT2D eigenvalue weighted by molar-refractivity contribution is 0.0601. The largest absolute Gasteiger partial charge is 0.465 e. The summed E-state index contributed by atoms with van der Waals surface area (Å²) in [6.07, 6.45) is 1.95. The van der Waals surface area contributed by atoms with Crippen molar-refractivity contribution in [3.8, 4) is 0 Å². The summed E-state index contributed by atoms with van der Waals surface area (Å²) in [5, 5.41) is 9.53. The highest BCUT2D eigenvalue weighted by atomic mass is 32.1. The Bertz CT molecular complexity index is 996. The van der Waals surface area contributed by atoms with E-state index in [2.05, 4.69) is 53.1 Å². The van der Waals surface area contributed by atoms with Crippen molar-refractivity contribution in [2.24, 2.45) is 0 Å². The fraction of sp³-hybridized carbons (Fsp3) is 0.217. The molecule has 0 aliphatic heterocycles. The smallest absolute Gasteiger partial charge is 0.337 e. The molecule has 0 aliphatic rings. The van der Waals surface area contributed by atoms with E-state index >= 15 is 0 Å². The molecule has 3 rings (SSSR count). The van der Waals surface area contributed by atoms with E-state index in [1.807, 2.05) is 13.0 Å². The molecule has 0 atom stereocenters. The Morgan fingerprint density at radius 3 is 2.68 bits per heavy atom. The topological polar surface area (TPSA) is 50.4 Å². The molecule has 0 aromatic heterocycles. The number of thiocarbonyl (C=S) groups is 1. The summed E-state index contributed by atoms with van der Waals surface area (Å²) in [5.41, 5.74) is 3.65. The van der Waals surface area contributed by atoms with Crippen molar-refractivity contribution in [3.05, 3.63) is 77.4 Å². The number of esters is 1. The molecule has 0 bridgehead atoms. The maximum Gasteiger partial charge on any atom is 0.337 e. The number of fused-ring (bicyclic) bond motifs is 1. The van der Waals surface area contributed by atoms with Crippen LogP contribution in [0.3, 0.4) is 0 Å². The zero-order chi connectivity index (χ0) is 19.9. The highest BCUT2D eigenvalue weighted by molar-refractivity contribution is 7.80. The maximum atomic E-state index is 11.7. The second-order valence-corrected chi connectivity index (χ2v) is 7.05. The van der Waals surface area contributed by atoms with E-state index in [0.717, 1.165) is 30.6 Å². The Morgan fingerprint density at radius 2 is 1.86 bits per heavy atom. The van der Waals surface area contributed by atoms with Crippen molar-refractivity contribution < 1.29 is 9.53 Å². The summed E-state index contributed by atoms with van der Waals surface area (Å²) < 4.78 is 4.77. The van der Waals surface area contributed by atoms with Crippen LogP contribution in [0.4, 0.5) is 5.69 Å². The molecule has 3 aromatic rings. The summed E-state index contributed by atoms with van der Waals surface area (Å²) in [4.78, 5) is 11.7. The summed E-state index contributed by atoms with van der Waals surface area (Å²) in [7, 11) is 1.37. The van der Waals surface area contributed by atoms with Gasteiger partial charge in [-0.1, -0.05) is 48.5 Å². The number of carbonyl (C=O) groups excluding carboxylic acids is 1. The highest BCUT2D eigenvalue weighted by Crippen LogP contribution is 2.20. The third-order valence-electron chi connectivity index (χ3n) is 4.70. The number of carbonyl (C=O) groups is 1. The number of methoxy groups -OCH3 is 1. The van der Waals surface area contributed by atoms with Gasteiger partial charge in [-0.15, -0.1) is 0 Å². The van der Waals surface area contributed by atoms with Crippen LogP contribution in [0.15, 0.2) is 60.7 Å². The minimum atomic E-state index is -0.364. The van der Waals surface area contributed by atoms with Crippen LogP contribution in [0.1, 0.15) is 27.9 Å². The standard InChI is InChI=1S/C23H24N2O2S/c1-16-12-13-19(22(26)27-2)15-21(16)25-23(28)24-14-6-10-18-9-5-8-17-7-3-4-11-20(17)18/h3-5,7-9,11-13,15H,6,10,14H2,1-2H3,(H2,24,25,28). The first-order valence-electron chi connectivity index (χ1n) is 9.29. The third-order valence-corrected chi connectivity index (χ3v) is 4.94. The normalized spacial score (nSPS) is 10.5. The van der Waals surface area contributed by atoms with Crippen molar-refractivity contribution in [2.45, 2.75) is 19.8 Å². The molecule has 5 heteroatoms. The summed E-state index contributed by atoms with van der Waals surface area (Å²) in [5.74, 6) is -0.364. The zero-order valence-corrected chi connectivity index (χ0v) is 16.9. The van der Waals surface area contributed by atoms with E-state index in [1.54, 1.807) is 12.1 Å². The molecule has 0 unspecified atom stereocenters. The van der Waals surface area contributed by atoms with Gasteiger partial charge in [-0.3, -0.25) is 0 Å². The molecule has 28 heavy (non-hydrogen) atoms. The first kappa shape index (κ1) is 19.8. The van der Waals surface area contributed by atoms with Gasteiger partial charge in [-0.25, -0.2) is 4.79 Å². The Morgan fingerprint density at radius 1 is 1.07 bits per heavy atom. The van der Waals surface area contributed by atoms with Gasteiger partial charge < -0.3 is 15.4 Å². The Labute approximate surface area is 170 Å². The molecule has 0 heterocycles. The van der Waals surface area contributed by atoms with Gasteiger partial charge in [-0.2, -0.15) is 0 Å². The van der Waals surface area contributed by atoms with E-state index in [1.165, 1.54) is 23.4 Å². The van der Waals surface area contributed by atoms with E-state index < -0.39 is 0 Å². The molecule has 0 spiro atoms. The van der Waals surface area contributed by atoms with Gasteiger partial charge in [0.15, 0.2) is 5.11 Å². The molecule has 3 aromatic carbocycles. The minimum Gasteiger partial charge on any atom is -0.465 e. The number of anilines is 1. The van der Waals surface area contributed by atoms with E-state index in [0.29, 0.717) is 10.7 Å². The fourth-order valence-corrected chi connectivity index (χ4v) is 3.37. The van der Waals surface area contributed by atoms with Crippen molar-refractivity contribution in [1.29, 1.82) is 0 Å². The molecule has 0 amide bonds. The monoisotopic (exact) mass is 392 g/mol. The number of ether oxygens (including phenoxy) is 1. The van der Waals surface area contributed by atoms with Gasteiger partial charge >= 0.3 is 5.97 Å². The Hall–Kier alpha value is -2.92. The second kappa shape index (κ2) is 9.33. The average molecular weight is 393 g/mol. The predicted molar refractivity (Wildman–Crippen MR) is 119 cm³/mol. The Kier molecular flexibility index (Phi) is 6.61. The molecular weight excluding hydrogens is 368 g/mol. The molecule has 0 saturated carbocycles. The molecule has 4 nitrogen and oxygen atoms in total. The fourth-order valence-electron chi connectivity index (χ4n) is 3.16. The van der Waals surface area contributed by atoms with Crippen LogP contribution in [-0.4, -0.2) is 24.7 Å². The summed E-state index contributed by atoms with van der Waals surface area (Å²) in [6.45, 7) is 2.73. The number of hydrogen-bond donors (Lipinski definition) is 2. The molecule has 144 valence electrons. The number of hydrogen-bond acceptors (Lipinski definition) is 3. The van der Waals surface area contributed by atoms with Crippen LogP contribution in [0.5, 0.6) is 0 Å². The van der Waals surface area contributed by atoms with Gasteiger partial charge in [0.1, 0.15) is 0 Å². The quantitative estimate of drug-likeness (QED) is 0.357. The van der Waals surface area contributed by atoms with Crippen LogP contribution in [0, 0.1) is 6.92 Å². The molecule has 0 saturated heterocycles. The summed E-state index contributed by atoms with van der Waals surface area (Å²) in [6, 6.07) is 20.2. The Balaban J connectivity index is 1.53. The van der Waals surface area contributed by atoms with Crippen LogP contribution in [0.2, 0.25) is 0 Å². The third kappa shape index (κ3) is 4.87. The van der Waals surface area contributed by atoms with Crippen LogP contribution in [-0.2, 0) is 11.2 Å². The van der Waals surface area contributed by atoms with Crippen LogP contribution >= 0.6 is 12.2 Å². The van der Waals surface area contributed by atoms with Crippen molar-refractivity contribution in [3.63, 3.8) is 0 Å². The predicted octanol–water partition coefficient (Wildman–Crippen LogP) is 4.85. The SMILES string of the molecule is COC(=O)c1ccc(C)c(NC(=S)NCCCc2cccc3ccccc23)c1. The lowest BCUT2D eigenvalue weighted by Crippen LogP contribution is -2.29. The van der Waals surface area contributed by atoms with Gasteiger partial charge in [0, 0.05) is 12.2 Å². The van der Waals surface area contributed by atoms with Gasteiger partial charge in [0.2, 0.25) is 0 Å². The van der Waals surface area contributed by atoms with E-state index in [-0.39, 0.29) is 5.97 Å².